The summed E-state index contributed by atoms with van der Waals surface area (Å²) < 4.78 is 51.8. The number of fused-ring (bicyclic) bond motifs is 1. The summed E-state index contributed by atoms with van der Waals surface area (Å²) in [6.45, 7) is 3.31. The van der Waals surface area contributed by atoms with Gasteiger partial charge in [0.15, 0.2) is 0 Å². The minimum atomic E-state index is -5.08. The number of benzene rings is 1. The number of aliphatic carboxylic acids is 1. The van der Waals surface area contributed by atoms with E-state index in [1.54, 1.807) is 6.07 Å². The summed E-state index contributed by atoms with van der Waals surface area (Å²) in [6, 6.07) is 4.13. The van der Waals surface area contributed by atoms with E-state index in [-0.39, 0.29) is 11.7 Å². The average Bonchev–Trinajstić information content (AvgIpc) is 3.24. The van der Waals surface area contributed by atoms with Gasteiger partial charge in [0.1, 0.15) is 34.6 Å². The summed E-state index contributed by atoms with van der Waals surface area (Å²) >= 11 is 1.30. The van der Waals surface area contributed by atoms with Gasteiger partial charge < -0.3 is 35.6 Å². The third-order valence-corrected chi connectivity index (χ3v) is 7.55. The van der Waals surface area contributed by atoms with Gasteiger partial charge in [-0.25, -0.2) is 19.2 Å². The summed E-state index contributed by atoms with van der Waals surface area (Å²) in [5.41, 5.74) is 1.23. The smallest absolute Gasteiger partial charge is 0.488 e. The Balaban J connectivity index is 0.000000646. The number of aryl methyl sites for hydroxylation is 1. The maximum atomic E-state index is 14.1. The predicted octanol–water partition coefficient (Wildman–Crippen LogP) is 3.85. The van der Waals surface area contributed by atoms with Gasteiger partial charge >= 0.3 is 12.1 Å². The Morgan fingerprint density at radius 1 is 1.14 bits per heavy atom. The van der Waals surface area contributed by atoms with Gasteiger partial charge in [0.05, 0.1) is 28.2 Å². The molecule has 1 fully saturated rings. The van der Waals surface area contributed by atoms with Crippen LogP contribution in [0.2, 0.25) is 0 Å². The Morgan fingerprint density at radius 2 is 1.79 bits per heavy atom. The second-order valence-electron chi connectivity index (χ2n) is 10.2. The largest absolute Gasteiger partial charge is 0.490 e. The second kappa shape index (κ2) is 14.7. The molecule has 0 radical (unpaired) electrons. The topological polar surface area (TPSA) is 157 Å². The van der Waals surface area contributed by atoms with Gasteiger partial charge in [-0.3, -0.25) is 4.79 Å². The minimum absolute atomic E-state index is 0.152. The lowest BCUT2D eigenvalue weighted by molar-refractivity contribution is -0.192. The molecule has 0 bridgehead atoms. The first kappa shape index (κ1) is 33.9. The van der Waals surface area contributed by atoms with Gasteiger partial charge in [-0.2, -0.15) is 13.2 Å². The first-order valence-corrected chi connectivity index (χ1v) is 14.0. The van der Waals surface area contributed by atoms with Crippen LogP contribution in [0.4, 0.5) is 29.1 Å². The first-order chi connectivity index (χ1) is 20.1. The van der Waals surface area contributed by atoms with Gasteiger partial charge in [-0.1, -0.05) is 0 Å². The summed E-state index contributed by atoms with van der Waals surface area (Å²) in [5, 5.41) is 34.0. The minimum Gasteiger partial charge on any atom is -0.488 e. The SMILES string of the molecule is Cc1c(C(=O)NCCCN(C)C)sc2ncnc(Nc3ccc(F)cc3OC3C[C@@H](O)C[C@@H](O)C3)c12.O=C(O)C(F)(F)F. The molecule has 5 N–H and O–H groups in total. The molecule has 2 heterocycles. The number of rotatable bonds is 9. The molecule has 1 amide bonds. The summed E-state index contributed by atoms with van der Waals surface area (Å²) in [7, 11) is 3.98. The number of thiophene rings is 1. The number of nitrogens with zero attached hydrogens (tertiary/aromatic N) is 3. The molecular weight excluding hydrogens is 598 g/mol. The molecule has 1 aliphatic rings. The monoisotopic (exact) mass is 631 g/mol. The van der Waals surface area contributed by atoms with Gasteiger partial charge in [0.25, 0.3) is 5.91 Å². The highest BCUT2D eigenvalue weighted by Crippen LogP contribution is 2.37. The number of ether oxygens (including phenoxy) is 1. The summed E-state index contributed by atoms with van der Waals surface area (Å²) in [6.07, 6.45) is -3.63. The molecule has 2 aromatic heterocycles. The number of carbonyl (C=O) groups is 2. The highest BCUT2D eigenvalue weighted by Gasteiger charge is 2.38. The number of anilines is 2. The van der Waals surface area contributed by atoms with Gasteiger partial charge in [-0.15, -0.1) is 11.3 Å². The molecule has 43 heavy (non-hydrogen) atoms. The second-order valence-corrected chi connectivity index (χ2v) is 11.2. The fourth-order valence-corrected chi connectivity index (χ4v) is 5.44. The number of alkyl halides is 3. The Bertz CT molecular complexity index is 1410. The number of carboxylic acids is 1. The van der Waals surface area contributed by atoms with Crippen LogP contribution in [0.5, 0.6) is 5.75 Å². The molecule has 0 aliphatic heterocycles. The van der Waals surface area contributed by atoms with E-state index in [0.29, 0.717) is 52.4 Å². The lowest BCUT2D eigenvalue weighted by Crippen LogP contribution is -2.36. The van der Waals surface area contributed by atoms with Crippen molar-refractivity contribution in [3.8, 4) is 5.75 Å². The van der Waals surface area contributed by atoms with Crippen LogP contribution < -0.4 is 15.4 Å². The van der Waals surface area contributed by atoms with Crippen molar-refractivity contribution in [3.63, 3.8) is 0 Å². The fourth-order valence-electron chi connectivity index (χ4n) is 4.37. The molecule has 16 heteroatoms. The van der Waals surface area contributed by atoms with E-state index in [0.717, 1.165) is 18.5 Å². The third-order valence-electron chi connectivity index (χ3n) is 6.35. The first-order valence-electron chi connectivity index (χ1n) is 13.2. The third kappa shape index (κ3) is 9.71. The number of aromatic nitrogens is 2. The van der Waals surface area contributed by atoms with Crippen LogP contribution in [0.25, 0.3) is 10.2 Å². The van der Waals surface area contributed by atoms with Crippen molar-refractivity contribution in [2.75, 3.05) is 32.5 Å². The van der Waals surface area contributed by atoms with Crippen LogP contribution in [0.15, 0.2) is 24.5 Å². The summed E-state index contributed by atoms with van der Waals surface area (Å²) in [5.74, 6) is -2.66. The molecule has 0 spiro atoms. The number of hydrogen-bond donors (Lipinski definition) is 5. The summed E-state index contributed by atoms with van der Waals surface area (Å²) in [4.78, 5) is 33.7. The zero-order valence-electron chi connectivity index (χ0n) is 23.6. The van der Waals surface area contributed by atoms with Gasteiger partial charge in [0, 0.05) is 25.5 Å². The molecule has 236 valence electrons. The fraction of sp³-hybridized carbons (Fsp3) is 0.481. The molecule has 3 aromatic rings. The lowest BCUT2D eigenvalue weighted by Gasteiger charge is -2.30. The van der Waals surface area contributed by atoms with E-state index in [1.807, 2.05) is 21.0 Å². The van der Waals surface area contributed by atoms with Gasteiger partial charge in [0.2, 0.25) is 0 Å². The predicted molar refractivity (Wildman–Crippen MR) is 151 cm³/mol. The number of aliphatic hydroxyl groups is 2. The zero-order valence-corrected chi connectivity index (χ0v) is 24.4. The quantitative estimate of drug-likeness (QED) is 0.174. The van der Waals surface area contributed by atoms with Crippen LogP contribution in [0.3, 0.4) is 0 Å². The number of nitrogens with one attached hydrogen (secondary N) is 2. The van der Waals surface area contributed by atoms with Crippen LogP contribution in [0.1, 0.15) is 40.9 Å². The Labute approximate surface area is 248 Å². The highest BCUT2D eigenvalue weighted by molar-refractivity contribution is 7.20. The number of hydrogen-bond acceptors (Lipinski definition) is 10. The van der Waals surface area contributed by atoms with E-state index in [9.17, 15) is 32.6 Å². The molecule has 4 rings (SSSR count). The van der Waals surface area contributed by atoms with E-state index in [1.165, 1.54) is 29.8 Å². The van der Waals surface area contributed by atoms with Crippen LogP contribution in [-0.2, 0) is 4.79 Å². The van der Waals surface area contributed by atoms with Crippen LogP contribution >= 0.6 is 11.3 Å². The maximum Gasteiger partial charge on any atom is 0.490 e. The molecule has 1 aromatic carbocycles. The normalized spacial score (nSPS) is 18.6. The van der Waals surface area contributed by atoms with Crippen molar-refractivity contribution < 1.29 is 47.2 Å². The number of halogens is 4. The molecule has 3 atom stereocenters. The van der Waals surface area contributed by atoms with Crippen molar-refractivity contribution >= 4 is 44.9 Å². The van der Waals surface area contributed by atoms with Crippen molar-refractivity contribution in [3.05, 3.63) is 40.8 Å². The van der Waals surface area contributed by atoms with Crippen molar-refractivity contribution in [1.29, 1.82) is 0 Å². The van der Waals surface area contributed by atoms with E-state index >= 15 is 0 Å². The van der Waals surface area contributed by atoms with Gasteiger partial charge in [-0.05, 0) is 58.1 Å². The number of aliphatic hydroxyl groups excluding tert-OH is 2. The Kier molecular flexibility index (Phi) is 11.6. The van der Waals surface area contributed by atoms with E-state index in [2.05, 4.69) is 25.5 Å². The lowest BCUT2D eigenvalue weighted by atomic mass is 9.92. The molecule has 1 aliphatic carbocycles. The number of carbonyl (C=O) groups excluding carboxylic acids is 1. The molecule has 0 saturated heterocycles. The zero-order chi connectivity index (χ0) is 31.9. The van der Waals surface area contributed by atoms with Crippen LogP contribution in [0, 0.1) is 12.7 Å². The number of carboxylic acid groups (broad SMARTS) is 1. The molecule has 1 unspecified atom stereocenters. The molecule has 1 saturated carbocycles. The van der Waals surface area contributed by atoms with E-state index in [4.69, 9.17) is 14.6 Å². The molecule has 11 nitrogen and oxygen atoms in total. The van der Waals surface area contributed by atoms with Crippen molar-refractivity contribution in [1.82, 2.24) is 20.2 Å². The number of amides is 1. The Morgan fingerprint density at radius 3 is 2.40 bits per heavy atom. The van der Waals surface area contributed by atoms with Crippen molar-refractivity contribution in [2.45, 2.75) is 57.1 Å². The van der Waals surface area contributed by atoms with E-state index < -0.39 is 36.3 Å². The van der Waals surface area contributed by atoms with Crippen LogP contribution in [-0.4, -0.2) is 93.7 Å². The molecular formula is C27H33F4N5O6S. The Hall–Kier alpha value is -3.60. The van der Waals surface area contributed by atoms with Crippen molar-refractivity contribution in [2.24, 2.45) is 0 Å². The maximum absolute atomic E-state index is 14.1. The average molecular weight is 632 g/mol. The standard InChI is InChI=1S/C25H32FN5O4S.C2HF3O2/c1-14-21-23(28-13-29-25(21)36-22(14)24(34)27-7-4-8-31(2)3)30-19-6-5-15(26)9-20(19)35-18-11-16(32)10-17(33)12-18;3-2(4,5)1(6)7/h5-6,9,13,16-18,32-33H,4,7-8,10-12H2,1-3H3,(H,27,34)(H,28,29,30);(H,6,7)/t16-,17+,18?;. The highest BCUT2D eigenvalue weighted by atomic mass is 32.1.